The maximum atomic E-state index is 5.87. The summed E-state index contributed by atoms with van der Waals surface area (Å²) in [6.07, 6.45) is 9.02. The molecule has 5 nitrogen and oxygen atoms in total. The Morgan fingerprint density at radius 2 is 2.00 bits per heavy atom. The maximum absolute atomic E-state index is 5.87. The highest BCUT2D eigenvalue weighted by atomic mass is 16.5. The van der Waals surface area contributed by atoms with Gasteiger partial charge < -0.3 is 10.5 Å². The van der Waals surface area contributed by atoms with Crippen molar-refractivity contribution in [1.29, 1.82) is 0 Å². The van der Waals surface area contributed by atoms with E-state index in [-0.39, 0.29) is 0 Å². The van der Waals surface area contributed by atoms with Gasteiger partial charge in [0.1, 0.15) is 11.4 Å². The minimum absolute atomic E-state index is 0.426. The quantitative estimate of drug-likeness (QED) is 0.889. The van der Waals surface area contributed by atoms with E-state index in [2.05, 4.69) is 10.3 Å². The smallest absolute Gasteiger partial charge is 0.144 e. The Labute approximate surface area is 137 Å². The molecule has 23 heavy (non-hydrogen) atoms. The molecule has 124 valence electrons. The van der Waals surface area contributed by atoms with E-state index >= 15 is 0 Å². The molecule has 5 heteroatoms. The average molecular weight is 314 g/mol. The number of nitrogens with two attached hydrogens (primary N) is 1. The average Bonchev–Trinajstić information content (AvgIpc) is 3.03. The van der Waals surface area contributed by atoms with E-state index in [1.807, 2.05) is 28.9 Å². The predicted octanol–water partition coefficient (Wildman–Crippen LogP) is 3.25. The van der Waals surface area contributed by atoms with Crippen molar-refractivity contribution in [2.24, 2.45) is 11.7 Å². The van der Waals surface area contributed by atoms with E-state index in [0.717, 1.165) is 35.2 Å². The Morgan fingerprint density at radius 3 is 2.74 bits per heavy atom. The molecule has 1 saturated carbocycles. The van der Waals surface area contributed by atoms with Crippen LogP contribution in [0.2, 0.25) is 0 Å². The van der Waals surface area contributed by atoms with Crippen LogP contribution in [0.4, 0.5) is 0 Å². The van der Waals surface area contributed by atoms with Gasteiger partial charge in [0.15, 0.2) is 0 Å². The molecule has 0 saturated heterocycles. The van der Waals surface area contributed by atoms with Gasteiger partial charge in [-0.1, -0.05) is 49.5 Å². The van der Waals surface area contributed by atoms with Gasteiger partial charge in [0, 0.05) is 6.54 Å². The first-order valence-corrected chi connectivity index (χ1v) is 8.60. The van der Waals surface area contributed by atoms with E-state index in [1.165, 1.54) is 38.5 Å². The fourth-order valence-corrected chi connectivity index (χ4v) is 3.56. The van der Waals surface area contributed by atoms with Gasteiger partial charge in [-0.2, -0.15) is 0 Å². The molecule has 2 N–H and O–H groups in total. The molecule has 3 rings (SSSR count). The van der Waals surface area contributed by atoms with E-state index in [0.29, 0.717) is 6.54 Å². The third-order valence-corrected chi connectivity index (χ3v) is 4.86. The first-order chi connectivity index (χ1) is 11.3. The second-order valence-electron chi connectivity index (χ2n) is 6.31. The minimum Gasteiger partial charge on any atom is -0.494 e. The Morgan fingerprint density at radius 1 is 1.22 bits per heavy atom. The number of hydrogen-bond acceptors (Lipinski definition) is 4. The van der Waals surface area contributed by atoms with Gasteiger partial charge in [-0.3, -0.25) is 0 Å². The molecular weight excluding hydrogens is 288 g/mol. The largest absolute Gasteiger partial charge is 0.494 e. The number of ether oxygens (including phenoxy) is 1. The van der Waals surface area contributed by atoms with Gasteiger partial charge in [0.25, 0.3) is 0 Å². The van der Waals surface area contributed by atoms with Crippen molar-refractivity contribution in [3.8, 4) is 11.4 Å². The molecule has 0 bridgehead atoms. The zero-order valence-corrected chi connectivity index (χ0v) is 13.9. The summed E-state index contributed by atoms with van der Waals surface area (Å²) < 4.78 is 7.38. The molecule has 0 aliphatic heterocycles. The molecule has 2 aromatic rings. The third-order valence-electron chi connectivity index (χ3n) is 4.86. The second-order valence-corrected chi connectivity index (χ2v) is 6.31. The number of hydrogen-bond donors (Lipinski definition) is 1. The summed E-state index contributed by atoms with van der Waals surface area (Å²) in [6.45, 7) is 0.426. The van der Waals surface area contributed by atoms with E-state index in [1.54, 1.807) is 7.11 Å². The van der Waals surface area contributed by atoms with Crippen LogP contribution in [0.1, 0.15) is 49.9 Å². The highest BCUT2D eigenvalue weighted by molar-refractivity contribution is 5.47. The molecule has 1 aromatic carbocycles. The molecule has 1 aromatic heterocycles. The lowest BCUT2D eigenvalue weighted by molar-refractivity contribution is 0.337. The summed E-state index contributed by atoms with van der Waals surface area (Å²) in [5.74, 6) is 1.63. The monoisotopic (exact) mass is 314 g/mol. The van der Waals surface area contributed by atoms with Crippen LogP contribution in [0.5, 0.6) is 5.75 Å². The summed E-state index contributed by atoms with van der Waals surface area (Å²) in [5, 5.41) is 8.62. The van der Waals surface area contributed by atoms with E-state index in [9.17, 15) is 0 Å². The SMILES string of the molecule is COc1ccccc1-n1nnc(CN)c1CCC1CCCCC1. The van der Waals surface area contributed by atoms with Crippen molar-refractivity contribution in [3.63, 3.8) is 0 Å². The summed E-state index contributed by atoms with van der Waals surface area (Å²) in [7, 11) is 1.68. The molecule has 1 aliphatic rings. The van der Waals surface area contributed by atoms with Crippen LogP contribution >= 0.6 is 0 Å². The minimum atomic E-state index is 0.426. The number of nitrogens with zero attached hydrogens (tertiary/aromatic N) is 3. The van der Waals surface area contributed by atoms with Crippen LogP contribution in [-0.2, 0) is 13.0 Å². The Bertz CT molecular complexity index is 632. The first-order valence-electron chi connectivity index (χ1n) is 8.60. The Balaban J connectivity index is 1.84. The van der Waals surface area contributed by atoms with Crippen molar-refractivity contribution in [3.05, 3.63) is 35.7 Å². The molecule has 0 atom stereocenters. The van der Waals surface area contributed by atoms with Gasteiger partial charge >= 0.3 is 0 Å². The van der Waals surface area contributed by atoms with Crippen LogP contribution in [0, 0.1) is 5.92 Å². The summed E-state index contributed by atoms with van der Waals surface area (Å²) >= 11 is 0. The van der Waals surface area contributed by atoms with Gasteiger partial charge in [0.05, 0.1) is 18.5 Å². The maximum Gasteiger partial charge on any atom is 0.144 e. The van der Waals surface area contributed by atoms with Crippen LogP contribution in [0.25, 0.3) is 5.69 Å². The molecule has 1 fully saturated rings. The molecular formula is C18H26N4O. The Hall–Kier alpha value is -1.88. The fourth-order valence-electron chi connectivity index (χ4n) is 3.56. The molecule has 0 amide bonds. The van der Waals surface area contributed by atoms with Crippen LogP contribution in [-0.4, -0.2) is 22.1 Å². The zero-order valence-electron chi connectivity index (χ0n) is 13.9. The number of benzene rings is 1. The summed E-state index contributed by atoms with van der Waals surface area (Å²) in [4.78, 5) is 0. The number of methoxy groups -OCH3 is 1. The van der Waals surface area contributed by atoms with Crippen molar-refractivity contribution < 1.29 is 4.74 Å². The van der Waals surface area contributed by atoms with Crippen LogP contribution in [0.3, 0.4) is 0 Å². The first kappa shape index (κ1) is 16.0. The molecule has 0 spiro atoms. The number of rotatable bonds is 6. The zero-order chi connectivity index (χ0) is 16.1. The van der Waals surface area contributed by atoms with Crippen molar-refractivity contribution in [2.75, 3.05) is 7.11 Å². The number of para-hydroxylation sites is 2. The van der Waals surface area contributed by atoms with Gasteiger partial charge in [-0.05, 0) is 30.9 Å². The van der Waals surface area contributed by atoms with Crippen molar-refractivity contribution in [2.45, 2.75) is 51.5 Å². The predicted molar refractivity (Wildman–Crippen MR) is 90.7 cm³/mol. The van der Waals surface area contributed by atoms with Gasteiger partial charge in [-0.15, -0.1) is 5.10 Å². The highest BCUT2D eigenvalue weighted by Crippen LogP contribution is 2.29. The lowest BCUT2D eigenvalue weighted by Gasteiger charge is -2.21. The lowest BCUT2D eigenvalue weighted by Crippen LogP contribution is -2.12. The highest BCUT2D eigenvalue weighted by Gasteiger charge is 2.19. The van der Waals surface area contributed by atoms with Crippen molar-refractivity contribution in [1.82, 2.24) is 15.0 Å². The molecule has 1 aliphatic carbocycles. The lowest BCUT2D eigenvalue weighted by atomic mass is 9.85. The topological polar surface area (TPSA) is 66.0 Å². The van der Waals surface area contributed by atoms with Crippen molar-refractivity contribution >= 4 is 0 Å². The standard InChI is InChI=1S/C18H26N4O/c1-23-18-10-6-5-9-17(18)22-16(15(13-19)20-21-22)12-11-14-7-3-2-4-8-14/h5-6,9-10,14H,2-4,7-8,11-13,19H2,1H3. The van der Waals surface area contributed by atoms with Crippen LogP contribution in [0.15, 0.2) is 24.3 Å². The fraction of sp³-hybridized carbons (Fsp3) is 0.556. The number of aromatic nitrogens is 3. The van der Waals surface area contributed by atoms with E-state index < -0.39 is 0 Å². The summed E-state index contributed by atoms with van der Waals surface area (Å²) in [5.41, 5.74) is 8.83. The molecule has 0 radical (unpaired) electrons. The second kappa shape index (κ2) is 7.59. The molecule has 1 heterocycles. The summed E-state index contributed by atoms with van der Waals surface area (Å²) in [6, 6.07) is 7.92. The Kier molecular flexibility index (Phi) is 5.28. The molecule has 0 unspecified atom stereocenters. The normalized spacial score (nSPS) is 15.7. The van der Waals surface area contributed by atoms with Gasteiger partial charge in [-0.25, -0.2) is 4.68 Å². The van der Waals surface area contributed by atoms with Crippen LogP contribution < -0.4 is 10.5 Å². The van der Waals surface area contributed by atoms with Gasteiger partial charge in [0.2, 0.25) is 0 Å². The van der Waals surface area contributed by atoms with E-state index in [4.69, 9.17) is 10.5 Å². The third kappa shape index (κ3) is 3.55.